The first kappa shape index (κ1) is 16.9. The van der Waals surface area contributed by atoms with E-state index >= 15 is 0 Å². The van der Waals surface area contributed by atoms with Gasteiger partial charge in [0.1, 0.15) is 12.2 Å². The van der Waals surface area contributed by atoms with E-state index in [9.17, 15) is 20.1 Å². The Kier molecular flexibility index (Phi) is 5.84. The van der Waals surface area contributed by atoms with Crippen LogP contribution < -0.4 is 10.0 Å². The van der Waals surface area contributed by atoms with E-state index in [2.05, 4.69) is 5.32 Å². The fourth-order valence-electron chi connectivity index (χ4n) is 1.88. The third-order valence-corrected chi connectivity index (χ3v) is 3.01. The van der Waals surface area contributed by atoms with Crippen LogP contribution in [0.3, 0.4) is 0 Å². The molecule has 1 aromatic heterocycles. The maximum absolute atomic E-state index is 11.5. The molecule has 0 radical (unpaired) electrons. The zero-order valence-corrected chi connectivity index (χ0v) is 12.6. The first-order chi connectivity index (χ1) is 11.6. The number of aromatic nitrogens is 1. The van der Waals surface area contributed by atoms with E-state index in [0.29, 0.717) is 4.73 Å². The second kappa shape index (κ2) is 8.28. The highest BCUT2D eigenvalue weighted by Crippen LogP contribution is 2.16. The van der Waals surface area contributed by atoms with Crippen molar-refractivity contribution >= 4 is 17.9 Å². The second-order valence-electron chi connectivity index (χ2n) is 4.75. The molecular formula is C16H15N3O5. The molecule has 0 atom stereocenters. The molecule has 0 bridgehead atoms. The van der Waals surface area contributed by atoms with E-state index in [1.807, 2.05) is 30.3 Å². The predicted molar refractivity (Wildman–Crippen MR) is 85.7 cm³/mol. The number of nitrogens with zero attached hydrogens (tertiary/aromatic N) is 2. The molecule has 8 heteroatoms. The molecule has 0 saturated heterocycles. The smallest absolute Gasteiger partial charge is 0.407 e. The molecule has 1 N–H and O–H groups in total. The third kappa shape index (κ3) is 5.09. The lowest BCUT2D eigenvalue weighted by molar-refractivity contribution is -0.606. The van der Waals surface area contributed by atoms with Gasteiger partial charge in [0.05, 0.1) is 11.0 Å². The van der Waals surface area contributed by atoms with Crippen molar-refractivity contribution < 1.29 is 19.2 Å². The molecule has 8 nitrogen and oxygen atoms in total. The average Bonchev–Trinajstić information content (AvgIpc) is 2.57. The number of hydrogen-bond donors (Lipinski definition) is 1. The van der Waals surface area contributed by atoms with E-state index in [1.54, 1.807) is 0 Å². The number of nitrogens with one attached hydrogen (secondary N) is 1. The summed E-state index contributed by atoms with van der Waals surface area (Å²) in [6.45, 7) is 0.259. The molecule has 0 spiro atoms. The first-order valence-electron chi connectivity index (χ1n) is 7.04. The van der Waals surface area contributed by atoms with E-state index in [0.717, 1.165) is 24.0 Å². The number of benzene rings is 1. The summed E-state index contributed by atoms with van der Waals surface area (Å²) in [5.74, 6) is 0. The first-order valence-corrected chi connectivity index (χ1v) is 7.04. The quantitative estimate of drug-likeness (QED) is 0.378. The molecule has 0 aliphatic carbocycles. The van der Waals surface area contributed by atoms with Gasteiger partial charge in [0.15, 0.2) is 12.4 Å². The van der Waals surface area contributed by atoms with E-state index in [4.69, 9.17) is 4.74 Å². The highest BCUT2D eigenvalue weighted by atomic mass is 16.6. The molecule has 2 rings (SSSR count). The number of carbonyl (C=O) groups excluding carboxylic acids is 1. The third-order valence-electron chi connectivity index (χ3n) is 3.01. The van der Waals surface area contributed by atoms with Gasteiger partial charge >= 0.3 is 6.09 Å². The number of carbonyl (C=O) groups is 1. The van der Waals surface area contributed by atoms with Crippen LogP contribution in [0.1, 0.15) is 11.1 Å². The van der Waals surface area contributed by atoms with Crippen LogP contribution in [-0.2, 0) is 11.3 Å². The molecule has 0 unspecified atom stereocenters. The Morgan fingerprint density at radius 2 is 2.04 bits per heavy atom. The summed E-state index contributed by atoms with van der Waals surface area (Å²) in [5, 5.41) is 24.5. The molecule has 0 fully saturated rings. The summed E-state index contributed by atoms with van der Waals surface area (Å²) in [5.41, 5.74) is 0.824. The van der Waals surface area contributed by atoms with Crippen molar-refractivity contribution in [1.82, 2.24) is 5.32 Å². The van der Waals surface area contributed by atoms with Gasteiger partial charge in [-0.25, -0.2) is 4.79 Å². The molecule has 0 aliphatic heterocycles. The lowest BCUT2D eigenvalue weighted by atomic mass is 10.2. The van der Waals surface area contributed by atoms with Gasteiger partial charge < -0.3 is 15.3 Å². The zero-order chi connectivity index (χ0) is 17.4. The topological polar surface area (TPSA) is 108 Å². The fraction of sp³-hybridized carbons (Fsp3) is 0.125. The van der Waals surface area contributed by atoms with Crippen LogP contribution in [-0.4, -0.2) is 17.6 Å². The standard InChI is InChI=1S/C16H15N3O5/c20-16(24-12-13-5-2-1-3-6-13)17-9-4-7-14-11-18(21)10-8-15(14)19(22)23/h1-8,10-11H,9,12H2,(H,17,20). The van der Waals surface area contributed by atoms with Crippen molar-refractivity contribution in [2.24, 2.45) is 0 Å². The van der Waals surface area contributed by atoms with Gasteiger partial charge in [-0.2, -0.15) is 4.73 Å². The Labute approximate surface area is 137 Å². The van der Waals surface area contributed by atoms with Crippen LogP contribution in [0.4, 0.5) is 10.5 Å². The second-order valence-corrected chi connectivity index (χ2v) is 4.75. The lowest BCUT2D eigenvalue weighted by Crippen LogP contribution is -2.25. The monoisotopic (exact) mass is 329 g/mol. The van der Waals surface area contributed by atoms with E-state index in [1.165, 1.54) is 12.2 Å². The van der Waals surface area contributed by atoms with Crippen molar-refractivity contribution in [3.63, 3.8) is 0 Å². The minimum absolute atomic E-state index is 0.110. The summed E-state index contributed by atoms with van der Waals surface area (Å²) in [4.78, 5) is 21.8. The van der Waals surface area contributed by atoms with Gasteiger partial charge in [-0.15, -0.1) is 0 Å². The van der Waals surface area contributed by atoms with Crippen molar-refractivity contribution in [2.75, 3.05) is 6.54 Å². The number of amides is 1. The van der Waals surface area contributed by atoms with Crippen LogP contribution in [0.5, 0.6) is 0 Å². The zero-order valence-electron chi connectivity index (χ0n) is 12.6. The number of nitro groups is 1. The van der Waals surface area contributed by atoms with Gasteiger partial charge in [-0.3, -0.25) is 10.1 Å². The molecule has 24 heavy (non-hydrogen) atoms. The fourth-order valence-corrected chi connectivity index (χ4v) is 1.88. The molecule has 2 aromatic rings. The summed E-state index contributed by atoms with van der Waals surface area (Å²) >= 11 is 0. The summed E-state index contributed by atoms with van der Waals surface area (Å²) in [6, 6.07) is 10.3. The molecule has 124 valence electrons. The van der Waals surface area contributed by atoms with Gasteiger partial charge in [0.25, 0.3) is 5.69 Å². The van der Waals surface area contributed by atoms with E-state index < -0.39 is 11.0 Å². The Balaban J connectivity index is 1.83. The molecule has 1 aromatic carbocycles. The number of rotatable bonds is 6. The number of pyridine rings is 1. The van der Waals surface area contributed by atoms with Crippen LogP contribution in [0, 0.1) is 15.3 Å². The van der Waals surface area contributed by atoms with Gasteiger partial charge in [0, 0.05) is 6.54 Å². The summed E-state index contributed by atoms with van der Waals surface area (Å²) < 4.78 is 5.48. The van der Waals surface area contributed by atoms with Crippen molar-refractivity contribution in [3.05, 3.63) is 81.3 Å². The normalized spacial score (nSPS) is 10.5. The Hall–Kier alpha value is -3.42. The SMILES string of the molecule is O=C(NCC=Cc1c[n+]([O-])ccc1[N+](=O)[O-])OCc1ccccc1. The molecular weight excluding hydrogens is 314 g/mol. The van der Waals surface area contributed by atoms with Crippen molar-refractivity contribution in [3.8, 4) is 0 Å². The molecule has 0 saturated carbocycles. The molecule has 0 aliphatic rings. The van der Waals surface area contributed by atoms with Crippen LogP contribution >= 0.6 is 0 Å². The van der Waals surface area contributed by atoms with E-state index in [-0.39, 0.29) is 24.4 Å². The lowest BCUT2D eigenvalue weighted by Gasteiger charge is -2.05. The Bertz CT molecular complexity index is 747. The van der Waals surface area contributed by atoms with Gasteiger partial charge in [-0.05, 0) is 11.6 Å². The van der Waals surface area contributed by atoms with Crippen LogP contribution in [0.25, 0.3) is 6.08 Å². The highest BCUT2D eigenvalue weighted by Gasteiger charge is 2.14. The number of hydrogen-bond acceptors (Lipinski definition) is 5. The minimum atomic E-state index is -0.607. The van der Waals surface area contributed by atoms with Crippen LogP contribution in [0.2, 0.25) is 0 Å². The predicted octanol–water partition coefficient (Wildman–Crippen LogP) is 2.17. The minimum Gasteiger partial charge on any atom is -0.619 e. The van der Waals surface area contributed by atoms with Crippen molar-refractivity contribution in [1.29, 1.82) is 0 Å². The van der Waals surface area contributed by atoms with Crippen molar-refractivity contribution in [2.45, 2.75) is 6.61 Å². The average molecular weight is 329 g/mol. The maximum atomic E-state index is 11.5. The largest absolute Gasteiger partial charge is 0.619 e. The highest BCUT2D eigenvalue weighted by molar-refractivity contribution is 5.68. The summed E-state index contributed by atoms with van der Waals surface area (Å²) in [6.07, 6.45) is 4.41. The van der Waals surface area contributed by atoms with Gasteiger partial charge in [-0.1, -0.05) is 36.4 Å². The van der Waals surface area contributed by atoms with Crippen LogP contribution in [0.15, 0.2) is 54.9 Å². The number of ether oxygens (including phenoxy) is 1. The summed E-state index contributed by atoms with van der Waals surface area (Å²) in [7, 11) is 0. The molecule has 1 heterocycles. The Morgan fingerprint density at radius 1 is 1.29 bits per heavy atom. The van der Waals surface area contributed by atoms with Gasteiger partial charge in [0.2, 0.25) is 0 Å². The Morgan fingerprint density at radius 3 is 2.75 bits per heavy atom. The maximum Gasteiger partial charge on any atom is 0.407 e. The number of alkyl carbamates (subject to hydrolysis) is 1. The molecule has 1 amide bonds.